The molecule has 2 bridgehead atoms. The summed E-state index contributed by atoms with van der Waals surface area (Å²) in [5.41, 5.74) is 9.12. The molecule has 2 heteroatoms. The summed E-state index contributed by atoms with van der Waals surface area (Å²) in [6.45, 7) is 2.48. The number of anilines is 3. The Labute approximate surface area is 271 Å². The molecule has 2 aliphatic rings. The van der Waals surface area contributed by atoms with Crippen LogP contribution in [0.1, 0.15) is 51.0 Å². The highest BCUT2D eigenvalue weighted by Crippen LogP contribution is 2.53. The fourth-order valence-corrected chi connectivity index (χ4v) is 9.32. The summed E-state index contributed by atoms with van der Waals surface area (Å²) in [7, 11) is 0. The zero-order chi connectivity index (χ0) is 30.7. The molecule has 0 spiro atoms. The number of aromatic nitrogens is 1. The van der Waals surface area contributed by atoms with E-state index >= 15 is 0 Å². The number of hydrogen-bond donors (Lipinski definition) is 0. The van der Waals surface area contributed by atoms with Crippen LogP contribution in [0.3, 0.4) is 0 Å². The summed E-state index contributed by atoms with van der Waals surface area (Å²) in [5, 5.41) is 5.09. The van der Waals surface area contributed by atoms with Crippen LogP contribution in [-0.4, -0.2) is 4.57 Å². The van der Waals surface area contributed by atoms with Crippen LogP contribution < -0.4 is 4.90 Å². The van der Waals surface area contributed by atoms with Crippen molar-refractivity contribution in [3.8, 4) is 5.69 Å². The van der Waals surface area contributed by atoms with Crippen molar-refractivity contribution in [1.82, 2.24) is 4.57 Å². The van der Waals surface area contributed by atoms with Gasteiger partial charge in [0.15, 0.2) is 0 Å². The van der Waals surface area contributed by atoms with Crippen molar-refractivity contribution in [1.29, 1.82) is 0 Å². The van der Waals surface area contributed by atoms with Gasteiger partial charge >= 0.3 is 0 Å². The Balaban J connectivity index is 1.16. The van der Waals surface area contributed by atoms with Crippen LogP contribution in [0.5, 0.6) is 0 Å². The van der Waals surface area contributed by atoms with E-state index in [-0.39, 0.29) is 0 Å². The molecule has 7 aromatic rings. The lowest BCUT2D eigenvalue weighted by Gasteiger charge is -2.48. The molecule has 2 nitrogen and oxygen atoms in total. The molecule has 9 rings (SSSR count). The quantitative estimate of drug-likeness (QED) is 0.192. The minimum Gasteiger partial charge on any atom is -0.310 e. The molecule has 2 aliphatic carbocycles. The maximum absolute atomic E-state index is 2.48. The van der Waals surface area contributed by atoms with E-state index in [1.54, 1.807) is 5.56 Å². The van der Waals surface area contributed by atoms with Crippen molar-refractivity contribution in [3.05, 3.63) is 145 Å². The molecule has 2 fully saturated rings. The number of hydrogen-bond acceptors (Lipinski definition) is 1. The molecule has 3 unspecified atom stereocenters. The third-order valence-corrected chi connectivity index (χ3v) is 11.1. The molecule has 0 amide bonds. The molecule has 46 heavy (non-hydrogen) atoms. The van der Waals surface area contributed by atoms with E-state index in [1.807, 2.05) is 0 Å². The zero-order valence-corrected chi connectivity index (χ0v) is 26.6. The average molecular weight is 597 g/mol. The van der Waals surface area contributed by atoms with Gasteiger partial charge in [-0.05, 0) is 108 Å². The Morgan fingerprint density at radius 2 is 1.22 bits per heavy atom. The Morgan fingerprint density at radius 3 is 1.93 bits per heavy atom. The van der Waals surface area contributed by atoms with Crippen molar-refractivity contribution in [2.75, 3.05) is 4.90 Å². The summed E-state index contributed by atoms with van der Waals surface area (Å²) in [6, 6.07) is 51.7. The molecule has 0 radical (unpaired) electrons. The van der Waals surface area contributed by atoms with Crippen LogP contribution in [0.25, 0.3) is 38.3 Å². The van der Waals surface area contributed by atoms with E-state index in [0.29, 0.717) is 5.41 Å². The lowest BCUT2D eigenvalue weighted by molar-refractivity contribution is 0.110. The fourth-order valence-electron chi connectivity index (χ4n) is 9.32. The summed E-state index contributed by atoms with van der Waals surface area (Å²) >= 11 is 0. The maximum atomic E-state index is 2.48. The maximum Gasteiger partial charge on any atom is 0.0541 e. The first kappa shape index (κ1) is 27.5. The highest BCUT2D eigenvalue weighted by atomic mass is 15.1. The van der Waals surface area contributed by atoms with Crippen molar-refractivity contribution >= 4 is 49.6 Å². The van der Waals surface area contributed by atoms with Gasteiger partial charge in [0, 0.05) is 33.2 Å². The smallest absolute Gasteiger partial charge is 0.0541 e. The Hall–Kier alpha value is -4.82. The van der Waals surface area contributed by atoms with E-state index in [4.69, 9.17) is 0 Å². The molecule has 0 N–H and O–H groups in total. The van der Waals surface area contributed by atoms with E-state index < -0.39 is 0 Å². The fraction of sp³-hybridized carbons (Fsp3) is 0.227. The predicted octanol–water partition coefficient (Wildman–Crippen LogP) is 12.3. The van der Waals surface area contributed by atoms with Gasteiger partial charge in [0.25, 0.3) is 0 Å². The van der Waals surface area contributed by atoms with E-state index in [0.717, 1.165) is 17.5 Å². The van der Waals surface area contributed by atoms with Gasteiger partial charge in [-0.1, -0.05) is 105 Å². The van der Waals surface area contributed by atoms with Gasteiger partial charge in [-0.3, -0.25) is 0 Å². The number of benzene rings is 6. The Kier molecular flexibility index (Phi) is 6.52. The molecule has 226 valence electrons. The Bertz CT molecular complexity index is 2130. The van der Waals surface area contributed by atoms with Crippen LogP contribution >= 0.6 is 0 Å². The molecular weight excluding hydrogens is 556 g/mol. The molecule has 3 atom stereocenters. The first-order valence-corrected chi connectivity index (χ1v) is 17.1. The first-order chi connectivity index (χ1) is 22.7. The molecule has 1 aromatic heterocycles. The molecule has 1 heterocycles. The summed E-state index contributed by atoms with van der Waals surface area (Å²) in [6.07, 6.45) is 8.25. The van der Waals surface area contributed by atoms with Crippen LogP contribution in [0, 0.1) is 11.8 Å². The zero-order valence-electron chi connectivity index (χ0n) is 26.6. The molecular formula is C44H40N2. The largest absolute Gasteiger partial charge is 0.310 e. The second-order valence-electron chi connectivity index (χ2n) is 14.1. The average Bonchev–Trinajstić information content (AvgIpc) is 3.43. The van der Waals surface area contributed by atoms with Crippen LogP contribution in [0.2, 0.25) is 0 Å². The number of rotatable bonds is 5. The third-order valence-electron chi connectivity index (χ3n) is 11.1. The lowest BCUT2D eigenvalue weighted by Crippen LogP contribution is -2.39. The highest BCUT2D eigenvalue weighted by Gasteiger charge is 2.42. The van der Waals surface area contributed by atoms with Crippen molar-refractivity contribution in [3.63, 3.8) is 0 Å². The van der Waals surface area contributed by atoms with Gasteiger partial charge in [-0.25, -0.2) is 0 Å². The lowest BCUT2D eigenvalue weighted by atomic mass is 9.57. The predicted molar refractivity (Wildman–Crippen MR) is 195 cm³/mol. The normalized spacial score (nSPS) is 21.2. The monoisotopic (exact) mass is 596 g/mol. The Morgan fingerprint density at radius 1 is 0.609 bits per heavy atom. The van der Waals surface area contributed by atoms with E-state index in [1.165, 1.54) is 88.2 Å². The van der Waals surface area contributed by atoms with Crippen molar-refractivity contribution in [2.24, 2.45) is 11.8 Å². The van der Waals surface area contributed by atoms with Crippen LogP contribution in [0.15, 0.2) is 140 Å². The van der Waals surface area contributed by atoms with E-state index in [9.17, 15) is 0 Å². The summed E-state index contributed by atoms with van der Waals surface area (Å²) in [4.78, 5) is 2.45. The van der Waals surface area contributed by atoms with Crippen LogP contribution in [0.4, 0.5) is 17.1 Å². The number of nitrogens with zero attached hydrogens (tertiary/aromatic N) is 2. The molecule has 0 saturated heterocycles. The van der Waals surface area contributed by atoms with Gasteiger partial charge in [-0.2, -0.15) is 0 Å². The molecule has 2 saturated carbocycles. The van der Waals surface area contributed by atoms with Gasteiger partial charge in [0.1, 0.15) is 0 Å². The number of para-hydroxylation sites is 2. The highest BCUT2D eigenvalue weighted by molar-refractivity contribution is 6.09. The number of fused-ring (bicyclic) bond motifs is 6. The van der Waals surface area contributed by atoms with Gasteiger partial charge in [-0.15, -0.1) is 0 Å². The molecule has 6 aromatic carbocycles. The van der Waals surface area contributed by atoms with Gasteiger partial charge in [0.05, 0.1) is 16.7 Å². The second kappa shape index (κ2) is 10.9. The van der Waals surface area contributed by atoms with E-state index in [2.05, 4.69) is 156 Å². The van der Waals surface area contributed by atoms with Crippen molar-refractivity contribution in [2.45, 2.75) is 50.9 Å². The topological polar surface area (TPSA) is 8.17 Å². The third kappa shape index (κ3) is 4.46. The van der Waals surface area contributed by atoms with Gasteiger partial charge < -0.3 is 9.47 Å². The minimum atomic E-state index is 0.355. The summed E-state index contributed by atoms with van der Waals surface area (Å²) < 4.78 is 2.40. The SMILES string of the molecule is CC1CC2CCCC(c3ccc(N(c4ccc(-n5c6ccccc6c6ccccc65)cc4)c4cccc5ccccc45)cc3)(C1)C2. The molecule has 0 aliphatic heterocycles. The standard InChI is InChI=1S/C44H40N2/c1-31-28-32-10-9-27-44(29-31,30-32)34-19-21-35(22-20-34)45(41-18-8-12-33-11-2-3-13-38(33)41)36-23-25-37(26-24-36)46-42-16-6-4-14-39(42)40-15-5-7-17-43(40)46/h2-8,11-26,31-32H,9-10,27-30H2,1H3. The minimum absolute atomic E-state index is 0.355. The second-order valence-corrected chi connectivity index (χ2v) is 14.1. The van der Waals surface area contributed by atoms with Crippen molar-refractivity contribution < 1.29 is 0 Å². The summed E-state index contributed by atoms with van der Waals surface area (Å²) in [5.74, 6) is 1.72. The van der Waals surface area contributed by atoms with Gasteiger partial charge in [0.2, 0.25) is 0 Å². The first-order valence-electron chi connectivity index (χ1n) is 17.1. The van der Waals surface area contributed by atoms with Crippen LogP contribution in [-0.2, 0) is 5.41 Å².